The first kappa shape index (κ1) is 27.0. The van der Waals surface area contributed by atoms with Crippen LogP contribution in [0.3, 0.4) is 0 Å². The number of para-hydroxylation sites is 1. The number of benzene rings is 3. The van der Waals surface area contributed by atoms with Gasteiger partial charge in [-0.1, -0.05) is 54.7 Å². The van der Waals surface area contributed by atoms with Crippen LogP contribution in [0, 0.1) is 11.3 Å². The molecule has 194 valence electrons. The molecule has 0 fully saturated rings. The number of aromatic nitrogens is 1. The molecule has 1 atom stereocenters. The van der Waals surface area contributed by atoms with E-state index < -0.39 is 28.4 Å². The van der Waals surface area contributed by atoms with Crippen LogP contribution in [-0.4, -0.2) is 20.9 Å². The number of hydrogen-bond acceptors (Lipinski definition) is 6. The van der Waals surface area contributed by atoms with E-state index in [0.717, 1.165) is 23.5 Å². The minimum Gasteiger partial charge on any atom is -0.443 e. The standard InChI is InChI=1S/C27H20F3N3O3S2/c1-2-38(35)21-12-10-17(11-13-21)14-23(34)32-26-33-24(18-7-5-8-20(15-18)27(28,29)30)25(37-26)36-22-9-4-3-6-19(22)16-31/h3-13,15H,2,14H2,1H3,(H,32,33,34). The zero-order valence-electron chi connectivity index (χ0n) is 19.9. The lowest BCUT2D eigenvalue weighted by Crippen LogP contribution is -2.14. The lowest BCUT2D eigenvalue weighted by atomic mass is 10.1. The van der Waals surface area contributed by atoms with Gasteiger partial charge in [0.25, 0.3) is 0 Å². The Morgan fingerprint density at radius 2 is 1.84 bits per heavy atom. The van der Waals surface area contributed by atoms with Crippen molar-refractivity contribution in [2.24, 2.45) is 0 Å². The first-order valence-electron chi connectivity index (χ1n) is 11.3. The van der Waals surface area contributed by atoms with Crippen molar-refractivity contribution in [2.75, 3.05) is 11.1 Å². The van der Waals surface area contributed by atoms with Crippen molar-refractivity contribution >= 4 is 33.2 Å². The van der Waals surface area contributed by atoms with Crippen LogP contribution in [0.4, 0.5) is 18.3 Å². The summed E-state index contributed by atoms with van der Waals surface area (Å²) in [7, 11) is -1.10. The van der Waals surface area contributed by atoms with Gasteiger partial charge >= 0.3 is 6.18 Å². The van der Waals surface area contributed by atoms with Gasteiger partial charge in [-0.3, -0.25) is 9.00 Å². The lowest BCUT2D eigenvalue weighted by Gasteiger charge is -2.09. The van der Waals surface area contributed by atoms with Gasteiger partial charge in [-0.25, -0.2) is 4.98 Å². The molecule has 1 unspecified atom stereocenters. The number of carbonyl (C=O) groups excluding carboxylic acids is 1. The van der Waals surface area contributed by atoms with Gasteiger partial charge in [0.2, 0.25) is 11.0 Å². The van der Waals surface area contributed by atoms with Crippen LogP contribution in [0.1, 0.15) is 23.6 Å². The second-order valence-corrected chi connectivity index (χ2v) is 10.6. The molecule has 0 aliphatic rings. The smallest absolute Gasteiger partial charge is 0.416 e. The number of amides is 1. The summed E-state index contributed by atoms with van der Waals surface area (Å²) in [6.07, 6.45) is -4.55. The molecule has 4 rings (SSSR count). The van der Waals surface area contributed by atoms with E-state index in [1.165, 1.54) is 12.1 Å². The van der Waals surface area contributed by atoms with Crippen LogP contribution in [0.5, 0.6) is 10.8 Å². The van der Waals surface area contributed by atoms with Gasteiger partial charge in [-0.2, -0.15) is 18.4 Å². The maximum absolute atomic E-state index is 13.3. The molecule has 11 heteroatoms. The number of ether oxygens (including phenoxy) is 1. The van der Waals surface area contributed by atoms with Crippen molar-refractivity contribution in [1.29, 1.82) is 5.26 Å². The van der Waals surface area contributed by atoms with Crippen LogP contribution in [0.2, 0.25) is 0 Å². The molecule has 0 bridgehead atoms. The Hall–Kier alpha value is -4.01. The molecule has 6 nitrogen and oxygen atoms in total. The van der Waals surface area contributed by atoms with Gasteiger partial charge in [-0.15, -0.1) is 0 Å². The Bertz CT molecular complexity index is 1530. The number of nitrogens with one attached hydrogen (secondary N) is 1. The average molecular weight is 556 g/mol. The normalized spacial score (nSPS) is 12.0. The number of thiazole rings is 1. The molecule has 0 aliphatic heterocycles. The van der Waals surface area contributed by atoms with Gasteiger partial charge < -0.3 is 10.1 Å². The third kappa shape index (κ3) is 6.45. The fraction of sp³-hybridized carbons (Fsp3) is 0.148. The molecule has 0 radical (unpaired) electrons. The highest BCUT2D eigenvalue weighted by Gasteiger charge is 2.31. The highest BCUT2D eigenvalue weighted by atomic mass is 32.2. The molecule has 38 heavy (non-hydrogen) atoms. The summed E-state index contributed by atoms with van der Waals surface area (Å²) in [5, 5.41) is 12.3. The second kappa shape index (κ2) is 11.6. The van der Waals surface area contributed by atoms with Gasteiger partial charge in [0.1, 0.15) is 17.5 Å². The third-order valence-electron chi connectivity index (χ3n) is 5.33. The molecule has 1 aromatic heterocycles. The number of anilines is 1. The fourth-order valence-corrected chi connectivity index (χ4v) is 5.12. The number of nitrogens with zero attached hydrogens (tertiary/aromatic N) is 2. The Balaban J connectivity index is 1.63. The molecule has 3 aromatic carbocycles. The predicted octanol–water partition coefficient (Wildman–Crippen LogP) is 6.80. The van der Waals surface area contributed by atoms with Crippen molar-refractivity contribution in [3.63, 3.8) is 0 Å². The molecule has 1 N–H and O–H groups in total. The van der Waals surface area contributed by atoms with Crippen LogP contribution in [-0.2, 0) is 28.2 Å². The van der Waals surface area contributed by atoms with Crippen LogP contribution >= 0.6 is 11.3 Å². The lowest BCUT2D eigenvalue weighted by molar-refractivity contribution is -0.137. The first-order chi connectivity index (χ1) is 18.2. The summed E-state index contributed by atoms with van der Waals surface area (Å²) in [5.41, 5.74) is 0.294. The highest BCUT2D eigenvalue weighted by Crippen LogP contribution is 2.42. The SMILES string of the molecule is CCS(=O)c1ccc(CC(=O)Nc2nc(-c3cccc(C(F)(F)F)c3)c(Oc3ccccc3C#N)s2)cc1. The highest BCUT2D eigenvalue weighted by molar-refractivity contribution is 7.85. The maximum atomic E-state index is 13.3. The van der Waals surface area contributed by atoms with E-state index >= 15 is 0 Å². The van der Waals surface area contributed by atoms with Crippen molar-refractivity contribution in [3.8, 4) is 28.1 Å². The summed E-state index contributed by atoms with van der Waals surface area (Å²) in [5.74, 6) is 0.290. The Morgan fingerprint density at radius 3 is 2.53 bits per heavy atom. The number of rotatable bonds is 8. The Morgan fingerprint density at radius 1 is 1.11 bits per heavy atom. The van der Waals surface area contributed by atoms with Crippen LogP contribution < -0.4 is 10.1 Å². The maximum Gasteiger partial charge on any atom is 0.416 e. The zero-order valence-corrected chi connectivity index (χ0v) is 21.5. The molecule has 0 saturated heterocycles. The summed E-state index contributed by atoms with van der Waals surface area (Å²) in [6, 6.07) is 19.9. The monoisotopic (exact) mass is 555 g/mol. The zero-order chi connectivity index (χ0) is 27.3. The molecular formula is C27H20F3N3O3S2. The topological polar surface area (TPSA) is 92.1 Å². The van der Waals surface area contributed by atoms with Gasteiger partial charge in [0.15, 0.2) is 5.13 Å². The summed E-state index contributed by atoms with van der Waals surface area (Å²) < 4.78 is 57.9. The third-order valence-corrected chi connectivity index (χ3v) is 7.50. The molecule has 1 amide bonds. The quantitative estimate of drug-likeness (QED) is 0.258. The van der Waals surface area contributed by atoms with Crippen molar-refractivity contribution in [3.05, 3.63) is 89.5 Å². The number of alkyl halides is 3. The van der Waals surface area contributed by atoms with Gasteiger partial charge in [0, 0.05) is 16.2 Å². The molecule has 0 aliphatic carbocycles. The molecule has 0 saturated carbocycles. The molecule has 4 aromatic rings. The summed E-state index contributed by atoms with van der Waals surface area (Å²) >= 11 is 0.934. The molecule has 0 spiro atoms. The fourth-order valence-electron chi connectivity index (χ4n) is 3.48. The predicted molar refractivity (Wildman–Crippen MR) is 140 cm³/mol. The average Bonchev–Trinajstić information content (AvgIpc) is 3.30. The van der Waals surface area contributed by atoms with E-state index in [2.05, 4.69) is 10.3 Å². The van der Waals surface area contributed by atoms with E-state index in [9.17, 15) is 27.4 Å². The largest absolute Gasteiger partial charge is 0.443 e. The number of nitriles is 1. The van der Waals surface area contributed by atoms with E-state index in [4.69, 9.17) is 4.74 Å². The summed E-state index contributed by atoms with van der Waals surface area (Å²) in [4.78, 5) is 17.7. The Labute approximate surface area is 223 Å². The first-order valence-corrected chi connectivity index (χ1v) is 13.4. The minimum absolute atomic E-state index is 0.00493. The second-order valence-electron chi connectivity index (χ2n) is 7.95. The minimum atomic E-state index is -4.56. The van der Waals surface area contributed by atoms with Crippen molar-refractivity contribution in [1.82, 2.24) is 4.98 Å². The van der Waals surface area contributed by atoms with Gasteiger partial charge in [0.05, 0.1) is 28.3 Å². The van der Waals surface area contributed by atoms with Crippen molar-refractivity contribution in [2.45, 2.75) is 24.4 Å². The van der Waals surface area contributed by atoms with Crippen LogP contribution in [0.25, 0.3) is 11.3 Å². The van der Waals surface area contributed by atoms with E-state index in [-0.39, 0.29) is 39.2 Å². The van der Waals surface area contributed by atoms with Gasteiger partial charge in [-0.05, 0) is 42.0 Å². The number of carbonyl (C=O) groups is 1. The van der Waals surface area contributed by atoms with E-state index in [0.29, 0.717) is 16.2 Å². The number of halogens is 3. The van der Waals surface area contributed by atoms with E-state index in [1.807, 2.05) is 13.0 Å². The summed E-state index contributed by atoms with van der Waals surface area (Å²) in [6.45, 7) is 1.82. The Kier molecular flexibility index (Phi) is 8.24. The van der Waals surface area contributed by atoms with Crippen molar-refractivity contribution < 1.29 is 26.9 Å². The molecule has 1 heterocycles. The molecular weight excluding hydrogens is 535 g/mol. The number of hydrogen-bond donors (Lipinski definition) is 1. The van der Waals surface area contributed by atoms with E-state index in [1.54, 1.807) is 48.5 Å². The van der Waals surface area contributed by atoms with Crippen LogP contribution in [0.15, 0.2) is 77.7 Å².